The SMILES string of the molecule is O=C(c1ccc([SH](C2CCCCC2)C2(O)CCCCC2)cc1)c1ccc([SH](C2CCCCC2)C2(O)CCCCC2)cc1. The minimum atomic E-state index is -0.667. The highest BCUT2D eigenvalue weighted by Crippen LogP contribution is 2.60. The zero-order chi connectivity index (χ0) is 29.0. The van der Waals surface area contributed by atoms with Gasteiger partial charge in [-0.05, 0) is 146 Å². The first-order chi connectivity index (χ1) is 20.5. The molecule has 6 rings (SSSR count). The molecule has 0 bridgehead atoms. The summed E-state index contributed by atoms with van der Waals surface area (Å²) in [4.78, 5) is 15.1. The summed E-state index contributed by atoms with van der Waals surface area (Å²) in [6, 6.07) is 16.8. The Labute approximate surface area is 260 Å². The fourth-order valence-electron chi connectivity index (χ4n) is 8.69. The summed E-state index contributed by atoms with van der Waals surface area (Å²) in [6.45, 7) is 0. The van der Waals surface area contributed by atoms with Gasteiger partial charge in [-0.25, -0.2) is 0 Å². The van der Waals surface area contributed by atoms with Crippen molar-refractivity contribution in [3.05, 3.63) is 59.7 Å². The number of benzene rings is 2. The smallest absolute Gasteiger partial charge is 0.193 e. The molecule has 5 heteroatoms. The van der Waals surface area contributed by atoms with E-state index in [2.05, 4.69) is 24.3 Å². The molecule has 2 aromatic carbocycles. The van der Waals surface area contributed by atoms with Crippen molar-refractivity contribution in [2.75, 3.05) is 0 Å². The average Bonchev–Trinajstić information content (AvgIpc) is 3.03. The summed E-state index contributed by atoms with van der Waals surface area (Å²) >= 11 is 0. The molecule has 232 valence electrons. The van der Waals surface area contributed by atoms with Crippen molar-refractivity contribution < 1.29 is 15.0 Å². The normalized spacial score (nSPS) is 25.9. The molecule has 0 heterocycles. The van der Waals surface area contributed by atoms with Crippen molar-refractivity contribution >= 4 is 27.6 Å². The topological polar surface area (TPSA) is 57.5 Å². The summed E-state index contributed by atoms with van der Waals surface area (Å²) < 4.78 is 0. The van der Waals surface area contributed by atoms with E-state index in [1.165, 1.54) is 86.8 Å². The Kier molecular flexibility index (Phi) is 10.1. The first-order valence-electron chi connectivity index (χ1n) is 17.3. The minimum absolute atomic E-state index is 0.0739. The summed E-state index contributed by atoms with van der Waals surface area (Å²) in [5.74, 6) is 0.0739. The number of aliphatic hydroxyl groups is 2. The number of hydrogen-bond donors (Lipinski definition) is 4. The quantitative estimate of drug-likeness (QED) is 0.178. The number of ketones is 1. The van der Waals surface area contributed by atoms with E-state index in [-0.39, 0.29) is 5.78 Å². The molecule has 0 saturated heterocycles. The molecule has 3 nitrogen and oxygen atoms in total. The van der Waals surface area contributed by atoms with Crippen molar-refractivity contribution in [1.82, 2.24) is 0 Å². The van der Waals surface area contributed by atoms with Crippen LogP contribution in [0.4, 0.5) is 0 Å². The maximum absolute atomic E-state index is 13.7. The highest BCUT2D eigenvalue weighted by molar-refractivity contribution is 8.19. The van der Waals surface area contributed by atoms with Crippen LogP contribution in [0, 0.1) is 0 Å². The molecule has 2 N–H and O–H groups in total. The van der Waals surface area contributed by atoms with Crippen LogP contribution in [0.1, 0.15) is 144 Å². The lowest BCUT2D eigenvalue weighted by molar-refractivity contribution is 0.0904. The molecule has 0 radical (unpaired) electrons. The van der Waals surface area contributed by atoms with Crippen LogP contribution in [0.25, 0.3) is 0 Å². The molecular weight excluding hydrogens is 557 g/mol. The zero-order valence-electron chi connectivity index (χ0n) is 25.6. The van der Waals surface area contributed by atoms with E-state index in [9.17, 15) is 15.0 Å². The van der Waals surface area contributed by atoms with Crippen LogP contribution in [-0.2, 0) is 0 Å². The largest absolute Gasteiger partial charge is 0.381 e. The fraction of sp³-hybridized carbons (Fsp3) is 0.649. The van der Waals surface area contributed by atoms with Gasteiger partial charge >= 0.3 is 0 Å². The van der Waals surface area contributed by atoms with Crippen LogP contribution in [0.3, 0.4) is 0 Å². The van der Waals surface area contributed by atoms with Crippen molar-refractivity contribution in [3.8, 4) is 0 Å². The van der Waals surface area contributed by atoms with Gasteiger partial charge in [0.25, 0.3) is 0 Å². The molecule has 4 fully saturated rings. The first-order valence-corrected chi connectivity index (χ1v) is 20.1. The number of hydrogen-bond acceptors (Lipinski definition) is 3. The van der Waals surface area contributed by atoms with Gasteiger partial charge in [0.2, 0.25) is 0 Å². The number of carbonyl (C=O) groups is 1. The second-order valence-electron chi connectivity index (χ2n) is 13.8. The van der Waals surface area contributed by atoms with Gasteiger partial charge in [0, 0.05) is 11.1 Å². The third-order valence-corrected chi connectivity index (χ3v) is 17.8. The van der Waals surface area contributed by atoms with Gasteiger partial charge in [-0.3, -0.25) is 4.79 Å². The van der Waals surface area contributed by atoms with Crippen molar-refractivity contribution in [3.63, 3.8) is 0 Å². The maximum Gasteiger partial charge on any atom is 0.193 e. The van der Waals surface area contributed by atoms with Gasteiger partial charge in [-0.15, -0.1) is 0 Å². The van der Waals surface area contributed by atoms with E-state index < -0.39 is 31.7 Å². The van der Waals surface area contributed by atoms with Crippen LogP contribution >= 0.6 is 21.8 Å². The molecule has 0 aliphatic heterocycles. The number of carbonyl (C=O) groups excluding carboxylic acids is 1. The van der Waals surface area contributed by atoms with Crippen LogP contribution in [0.5, 0.6) is 0 Å². The monoisotopic (exact) mass is 610 g/mol. The van der Waals surface area contributed by atoms with Crippen molar-refractivity contribution in [1.29, 1.82) is 0 Å². The molecule has 42 heavy (non-hydrogen) atoms. The molecule has 4 aliphatic rings. The second kappa shape index (κ2) is 13.8. The van der Waals surface area contributed by atoms with Crippen molar-refractivity contribution in [2.24, 2.45) is 0 Å². The molecule has 2 unspecified atom stereocenters. The lowest BCUT2D eigenvalue weighted by Gasteiger charge is -2.47. The molecule has 4 saturated carbocycles. The molecule has 0 spiro atoms. The molecule has 0 amide bonds. The van der Waals surface area contributed by atoms with Crippen LogP contribution in [0.15, 0.2) is 58.3 Å². The molecule has 2 atom stereocenters. The Balaban J connectivity index is 1.21. The highest BCUT2D eigenvalue weighted by atomic mass is 32.2. The Morgan fingerprint density at radius 2 is 0.810 bits per heavy atom. The number of thiol groups is 2. The van der Waals surface area contributed by atoms with Crippen LogP contribution < -0.4 is 0 Å². The second-order valence-corrected chi connectivity index (χ2v) is 19.5. The van der Waals surface area contributed by atoms with Gasteiger partial charge in [0.1, 0.15) is 0 Å². The predicted molar refractivity (Wildman–Crippen MR) is 181 cm³/mol. The van der Waals surface area contributed by atoms with Crippen LogP contribution in [-0.4, -0.2) is 36.4 Å². The summed E-state index contributed by atoms with van der Waals surface area (Å²) in [5, 5.41) is 25.0. The summed E-state index contributed by atoms with van der Waals surface area (Å²) in [7, 11) is -1.33. The molecule has 0 aromatic heterocycles. The standard InChI is InChI=1S/C37H54O3S2/c38-35(29-17-21-33(22-18-29)41(31-13-5-1-6-14-31)36(39)25-9-3-10-26-36)30-19-23-34(24-20-30)42(32-15-7-2-8-16-32)37(40)27-11-4-12-28-37/h17-24,31-32,39-42H,1-16,25-28H2. The minimum Gasteiger partial charge on any atom is -0.381 e. The third-order valence-electron chi connectivity index (χ3n) is 10.9. The Hall–Kier alpha value is -1.27. The fourth-order valence-corrected chi connectivity index (χ4v) is 16.2. The Morgan fingerprint density at radius 1 is 0.500 bits per heavy atom. The summed E-state index contributed by atoms with van der Waals surface area (Å²) in [5.41, 5.74) is 1.47. The third kappa shape index (κ3) is 6.70. The predicted octanol–water partition coefficient (Wildman–Crippen LogP) is 9.61. The van der Waals surface area contributed by atoms with Gasteiger partial charge in [0.05, 0.1) is 9.87 Å². The van der Waals surface area contributed by atoms with E-state index in [4.69, 9.17) is 0 Å². The average molecular weight is 611 g/mol. The van der Waals surface area contributed by atoms with E-state index in [0.29, 0.717) is 10.5 Å². The van der Waals surface area contributed by atoms with E-state index in [1.54, 1.807) is 0 Å². The van der Waals surface area contributed by atoms with Crippen LogP contribution in [0.2, 0.25) is 0 Å². The van der Waals surface area contributed by atoms with Gasteiger partial charge in [-0.1, -0.05) is 51.4 Å². The Morgan fingerprint density at radius 3 is 1.14 bits per heavy atom. The molecular formula is C37H54O3S2. The summed E-state index contributed by atoms with van der Waals surface area (Å²) in [6.07, 6.45) is 23.5. The first kappa shape index (κ1) is 30.7. The lowest BCUT2D eigenvalue weighted by Crippen LogP contribution is -2.36. The molecule has 2 aromatic rings. The number of rotatable bonds is 8. The van der Waals surface area contributed by atoms with Crippen molar-refractivity contribution in [2.45, 2.75) is 159 Å². The van der Waals surface area contributed by atoms with Gasteiger partial charge in [0.15, 0.2) is 5.78 Å². The van der Waals surface area contributed by atoms with Gasteiger partial charge in [-0.2, -0.15) is 21.8 Å². The molecule has 4 aliphatic carbocycles. The maximum atomic E-state index is 13.7. The van der Waals surface area contributed by atoms with E-state index >= 15 is 0 Å². The van der Waals surface area contributed by atoms with E-state index in [0.717, 1.165) is 62.5 Å². The van der Waals surface area contributed by atoms with Gasteiger partial charge < -0.3 is 10.2 Å². The Bertz CT molecular complexity index is 1060. The van der Waals surface area contributed by atoms with E-state index in [1.807, 2.05) is 24.3 Å². The highest BCUT2D eigenvalue weighted by Gasteiger charge is 2.41. The zero-order valence-corrected chi connectivity index (χ0v) is 27.4. The lowest BCUT2D eigenvalue weighted by atomic mass is 9.97.